The Hall–Kier alpha value is -1.63. The summed E-state index contributed by atoms with van der Waals surface area (Å²) in [6, 6.07) is 5.02. The lowest BCUT2D eigenvalue weighted by Crippen LogP contribution is -2.53. The van der Waals surface area contributed by atoms with Crippen LogP contribution in [0.3, 0.4) is 0 Å². The van der Waals surface area contributed by atoms with Gasteiger partial charge < -0.3 is 15.3 Å². The molecule has 1 atom stereocenters. The zero-order valence-corrected chi connectivity index (χ0v) is 14.1. The van der Waals surface area contributed by atoms with E-state index in [2.05, 4.69) is 10.2 Å². The van der Waals surface area contributed by atoms with Crippen LogP contribution in [0.15, 0.2) is 18.2 Å². The first-order valence-electron chi connectivity index (χ1n) is 7.60. The third kappa shape index (κ3) is 4.43. The van der Waals surface area contributed by atoms with Crippen molar-refractivity contribution in [3.8, 4) is 0 Å². The Labute approximate surface area is 141 Å². The van der Waals surface area contributed by atoms with Crippen LogP contribution in [0.1, 0.15) is 23.7 Å². The first-order chi connectivity index (χ1) is 10.9. The molecule has 0 spiro atoms. The monoisotopic (exact) mass is 339 g/mol. The Morgan fingerprint density at radius 3 is 2.78 bits per heavy atom. The Balaban J connectivity index is 2.17. The van der Waals surface area contributed by atoms with Crippen molar-refractivity contribution in [2.24, 2.45) is 0 Å². The fourth-order valence-electron chi connectivity index (χ4n) is 2.73. The number of aliphatic hydroxyl groups is 1. The van der Waals surface area contributed by atoms with Gasteiger partial charge in [-0.1, -0.05) is 11.6 Å². The lowest BCUT2D eigenvalue weighted by atomic mass is 10.1. The minimum atomic E-state index is -0.201. The number of aliphatic hydroxyl groups excluding tert-OH is 1. The molecule has 1 aliphatic rings. The Morgan fingerprint density at radius 2 is 2.13 bits per heavy atom. The summed E-state index contributed by atoms with van der Waals surface area (Å²) < 4.78 is 0. The highest BCUT2D eigenvalue weighted by molar-refractivity contribution is 6.34. The highest BCUT2D eigenvalue weighted by atomic mass is 35.5. The SMILES string of the molecule is CC(=O)Nc1ccc(Cl)c(C(=O)N2CCN(C)[C@@H](CCO)C2)c1. The lowest BCUT2D eigenvalue weighted by Gasteiger charge is -2.39. The third-order valence-electron chi connectivity index (χ3n) is 4.04. The van der Waals surface area contributed by atoms with E-state index in [1.165, 1.54) is 6.92 Å². The van der Waals surface area contributed by atoms with Crippen LogP contribution in [0.2, 0.25) is 5.02 Å². The molecule has 2 rings (SSSR count). The van der Waals surface area contributed by atoms with E-state index < -0.39 is 0 Å². The number of carbonyl (C=O) groups is 2. The highest BCUT2D eigenvalue weighted by Gasteiger charge is 2.28. The molecule has 1 heterocycles. The van der Waals surface area contributed by atoms with Crippen LogP contribution in [-0.2, 0) is 4.79 Å². The molecule has 0 saturated carbocycles. The molecule has 0 aromatic heterocycles. The average molecular weight is 340 g/mol. The first kappa shape index (κ1) is 17.7. The van der Waals surface area contributed by atoms with E-state index in [9.17, 15) is 9.59 Å². The van der Waals surface area contributed by atoms with Crippen LogP contribution in [0.4, 0.5) is 5.69 Å². The van der Waals surface area contributed by atoms with E-state index >= 15 is 0 Å². The van der Waals surface area contributed by atoms with Crippen LogP contribution in [0.25, 0.3) is 0 Å². The van der Waals surface area contributed by atoms with Gasteiger partial charge in [-0.15, -0.1) is 0 Å². The number of nitrogens with zero attached hydrogens (tertiary/aromatic N) is 2. The number of amides is 2. The molecular weight excluding hydrogens is 318 g/mol. The topological polar surface area (TPSA) is 72.9 Å². The number of carbonyl (C=O) groups excluding carboxylic acids is 2. The van der Waals surface area contributed by atoms with E-state index in [1.807, 2.05) is 7.05 Å². The van der Waals surface area contributed by atoms with Crippen molar-refractivity contribution < 1.29 is 14.7 Å². The molecule has 23 heavy (non-hydrogen) atoms. The van der Waals surface area contributed by atoms with Gasteiger partial charge in [0.2, 0.25) is 5.91 Å². The zero-order valence-electron chi connectivity index (χ0n) is 13.4. The second kappa shape index (κ2) is 7.77. The number of hydrogen-bond donors (Lipinski definition) is 2. The van der Waals surface area contributed by atoms with Gasteiger partial charge in [0.15, 0.2) is 0 Å². The number of anilines is 1. The van der Waals surface area contributed by atoms with Gasteiger partial charge in [0, 0.05) is 44.9 Å². The highest BCUT2D eigenvalue weighted by Crippen LogP contribution is 2.23. The largest absolute Gasteiger partial charge is 0.396 e. The quantitative estimate of drug-likeness (QED) is 0.870. The van der Waals surface area contributed by atoms with Crippen molar-refractivity contribution in [1.29, 1.82) is 0 Å². The maximum absolute atomic E-state index is 12.8. The smallest absolute Gasteiger partial charge is 0.255 e. The fraction of sp³-hybridized carbons (Fsp3) is 0.500. The van der Waals surface area contributed by atoms with E-state index in [0.29, 0.717) is 35.8 Å². The summed E-state index contributed by atoms with van der Waals surface area (Å²) >= 11 is 6.16. The van der Waals surface area contributed by atoms with Crippen molar-refractivity contribution in [1.82, 2.24) is 9.80 Å². The molecule has 6 nitrogen and oxygen atoms in total. The van der Waals surface area contributed by atoms with Crippen molar-refractivity contribution in [2.75, 3.05) is 38.6 Å². The molecule has 126 valence electrons. The Morgan fingerprint density at radius 1 is 1.39 bits per heavy atom. The predicted molar refractivity (Wildman–Crippen MR) is 89.8 cm³/mol. The summed E-state index contributed by atoms with van der Waals surface area (Å²) in [6.07, 6.45) is 0.625. The van der Waals surface area contributed by atoms with Gasteiger partial charge >= 0.3 is 0 Å². The Kier molecular flexibility index (Phi) is 5.98. The van der Waals surface area contributed by atoms with E-state index in [0.717, 1.165) is 6.54 Å². The molecule has 2 amide bonds. The minimum absolute atomic E-state index is 0.0931. The minimum Gasteiger partial charge on any atom is -0.396 e. The van der Waals surface area contributed by atoms with Crippen LogP contribution in [0, 0.1) is 0 Å². The number of piperazine rings is 1. The number of likely N-dealkylation sites (N-methyl/N-ethyl adjacent to an activating group) is 1. The number of halogens is 1. The number of rotatable bonds is 4. The summed E-state index contributed by atoms with van der Waals surface area (Å²) in [5, 5.41) is 12.2. The normalized spacial score (nSPS) is 18.8. The molecule has 1 aromatic rings. The molecule has 1 aromatic carbocycles. The summed E-state index contributed by atoms with van der Waals surface area (Å²) in [5.74, 6) is -0.355. The molecule has 1 fully saturated rings. The van der Waals surface area contributed by atoms with E-state index in [1.54, 1.807) is 23.1 Å². The van der Waals surface area contributed by atoms with Gasteiger partial charge in [-0.25, -0.2) is 0 Å². The molecular formula is C16H22ClN3O3. The van der Waals surface area contributed by atoms with E-state index in [4.69, 9.17) is 16.7 Å². The standard InChI is InChI=1S/C16H22ClN3O3/c1-11(22)18-12-3-4-15(17)14(9-12)16(23)20-7-6-19(2)13(10-20)5-8-21/h3-4,9,13,21H,5-8,10H2,1-2H3,(H,18,22)/t13-/m0/s1. The molecule has 0 bridgehead atoms. The van der Waals surface area contributed by atoms with E-state index in [-0.39, 0.29) is 24.5 Å². The molecule has 1 saturated heterocycles. The van der Waals surface area contributed by atoms with Crippen molar-refractivity contribution >= 4 is 29.1 Å². The predicted octanol–water partition coefficient (Wildman–Crippen LogP) is 1.44. The van der Waals surface area contributed by atoms with Crippen LogP contribution in [0.5, 0.6) is 0 Å². The van der Waals surface area contributed by atoms with Gasteiger partial charge in [0.1, 0.15) is 0 Å². The van der Waals surface area contributed by atoms with Crippen LogP contribution in [-0.4, -0.2) is 66.1 Å². The third-order valence-corrected chi connectivity index (χ3v) is 4.37. The summed E-state index contributed by atoms with van der Waals surface area (Å²) in [7, 11) is 1.99. The molecule has 0 aliphatic carbocycles. The van der Waals surface area contributed by atoms with Crippen molar-refractivity contribution in [2.45, 2.75) is 19.4 Å². The molecule has 7 heteroatoms. The number of nitrogens with one attached hydrogen (secondary N) is 1. The van der Waals surface area contributed by atoms with Gasteiger partial charge in [0.05, 0.1) is 10.6 Å². The number of benzene rings is 1. The molecule has 0 radical (unpaired) electrons. The molecule has 0 unspecified atom stereocenters. The van der Waals surface area contributed by atoms with Gasteiger partial charge in [-0.3, -0.25) is 14.5 Å². The van der Waals surface area contributed by atoms with Gasteiger partial charge in [0.25, 0.3) is 5.91 Å². The summed E-state index contributed by atoms with van der Waals surface area (Å²) in [6.45, 7) is 3.42. The fourth-order valence-corrected chi connectivity index (χ4v) is 2.93. The summed E-state index contributed by atoms with van der Waals surface area (Å²) in [5.41, 5.74) is 0.927. The second-order valence-corrected chi connectivity index (χ2v) is 6.18. The lowest BCUT2D eigenvalue weighted by molar-refractivity contribution is -0.114. The zero-order chi connectivity index (χ0) is 17.0. The van der Waals surface area contributed by atoms with Gasteiger partial charge in [-0.2, -0.15) is 0 Å². The second-order valence-electron chi connectivity index (χ2n) is 5.77. The van der Waals surface area contributed by atoms with Crippen molar-refractivity contribution in [3.05, 3.63) is 28.8 Å². The van der Waals surface area contributed by atoms with Crippen LogP contribution >= 0.6 is 11.6 Å². The molecule has 1 aliphatic heterocycles. The maximum Gasteiger partial charge on any atom is 0.255 e. The average Bonchev–Trinajstić information content (AvgIpc) is 2.50. The molecule has 2 N–H and O–H groups in total. The first-order valence-corrected chi connectivity index (χ1v) is 7.97. The van der Waals surface area contributed by atoms with Gasteiger partial charge in [-0.05, 0) is 31.7 Å². The number of hydrogen-bond acceptors (Lipinski definition) is 4. The summed E-state index contributed by atoms with van der Waals surface area (Å²) in [4.78, 5) is 27.8. The maximum atomic E-state index is 12.8. The van der Waals surface area contributed by atoms with Crippen molar-refractivity contribution in [3.63, 3.8) is 0 Å². The van der Waals surface area contributed by atoms with Crippen LogP contribution < -0.4 is 5.32 Å². The Bertz CT molecular complexity index is 594.